The van der Waals surface area contributed by atoms with E-state index in [0.717, 1.165) is 27.2 Å². The van der Waals surface area contributed by atoms with Crippen molar-refractivity contribution in [1.29, 1.82) is 0 Å². The molecule has 0 aliphatic rings. The van der Waals surface area contributed by atoms with Gasteiger partial charge in [-0.3, -0.25) is 14.3 Å². The summed E-state index contributed by atoms with van der Waals surface area (Å²) in [4.78, 5) is 17.8. The second-order valence-corrected chi connectivity index (χ2v) is 8.49. The van der Waals surface area contributed by atoms with Crippen molar-refractivity contribution in [3.05, 3.63) is 70.4 Å². The molecule has 0 saturated carbocycles. The van der Waals surface area contributed by atoms with Gasteiger partial charge in [-0.15, -0.1) is 5.10 Å². The minimum atomic E-state index is -0.218. The van der Waals surface area contributed by atoms with Crippen molar-refractivity contribution in [2.75, 3.05) is 20.3 Å². The van der Waals surface area contributed by atoms with Gasteiger partial charge in [-0.25, -0.2) is 4.68 Å². The number of nitrogens with zero attached hydrogens (tertiary/aromatic N) is 6. The Kier molecular flexibility index (Phi) is 5.61. The van der Waals surface area contributed by atoms with Crippen LogP contribution in [0.5, 0.6) is 5.75 Å². The van der Waals surface area contributed by atoms with Crippen LogP contribution in [0, 0.1) is 6.92 Å². The lowest BCUT2D eigenvalue weighted by Gasteiger charge is -2.14. The Balaban J connectivity index is 1.54. The van der Waals surface area contributed by atoms with Gasteiger partial charge in [0.05, 0.1) is 30.1 Å². The van der Waals surface area contributed by atoms with E-state index in [1.54, 1.807) is 34.8 Å². The molecule has 4 heterocycles. The van der Waals surface area contributed by atoms with Crippen molar-refractivity contribution >= 4 is 33.5 Å². The average Bonchev–Trinajstić information content (AvgIpc) is 3.45. The van der Waals surface area contributed by atoms with Crippen LogP contribution in [0.3, 0.4) is 0 Å². The lowest BCUT2D eigenvalue weighted by Crippen LogP contribution is -2.21. The molecule has 9 nitrogen and oxygen atoms in total. The van der Waals surface area contributed by atoms with Gasteiger partial charge in [0.1, 0.15) is 22.9 Å². The number of aromatic nitrogens is 6. The topological polar surface area (TPSA) is 97.0 Å². The van der Waals surface area contributed by atoms with Gasteiger partial charge in [0, 0.05) is 18.7 Å². The van der Waals surface area contributed by atoms with Crippen molar-refractivity contribution in [2.45, 2.75) is 19.9 Å². The number of fused-ring (bicyclic) bond motifs is 2. The van der Waals surface area contributed by atoms with Gasteiger partial charge in [-0.2, -0.15) is 4.37 Å². The first-order valence-electron chi connectivity index (χ1n) is 10.5. The van der Waals surface area contributed by atoms with E-state index < -0.39 is 0 Å². The van der Waals surface area contributed by atoms with Gasteiger partial charge in [-0.1, -0.05) is 11.3 Å². The molecule has 0 N–H and O–H groups in total. The van der Waals surface area contributed by atoms with E-state index in [-0.39, 0.29) is 11.6 Å². The quantitative estimate of drug-likeness (QED) is 0.341. The Morgan fingerprint density at radius 2 is 2.00 bits per heavy atom. The molecular formula is C23H22N6O3S. The molecule has 1 atom stereocenters. The fourth-order valence-corrected chi connectivity index (χ4v) is 4.46. The molecule has 0 saturated heterocycles. The van der Waals surface area contributed by atoms with E-state index in [0.29, 0.717) is 30.0 Å². The second-order valence-electron chi connectivity index (χ2n) is 7.71. The van der Waals surface area contributed by atoms with E-state index in [4.69, 9.17) is 9.47 Å². The van der Waals surface area contributed by atoms with Crippen molar-refractivity contribution in [3.63, 3.8) is 0 Å². The van der Waals surface area contributed by atoms with E-state index >= 15 is 0 Å². The van der Waals surface area contributed by atoms with Crippen LogP contribution in [0.2, 0.25) is 0 Å². The predicted molar refractivity (Wildman–Crippen MR) is 126 cm³/mol. The summed E-state index contributed by atoms with van der Waals surface area (Å²) in [5.74, 6) is 0.679. The lowest BCUT2D eigenvalue weighted by molar-refractivity contribution is 0.146. The predicted octanol–water partition coefficient (Wildman–Crippen LogP) is 3.53. The fourth-order valence-electron chi connectivity index (χ4n) is 3.71. The van der Waals surface area contributed by atoms with Gasteiger partial charge in [0.15, 0.2) is 5.52 Å². The molecule has 1 aromatic carbocycles. The van der Waals surface area contributed by atoms with Gasteiger partial charge < -0.3 is 9.47 Å². The summed E-state index contributed by atoms with van der Waals surface area (Å²) >= 11 is 1.28. The molecule has 10 heteroatoms. The molecule has 0 spiro atoms. The van der Waals surface area contributed by atoms with Crippen LogP contribution in [-0.4, -0.2) is 49.2 Å². The van der Waals surface area contributed by atoms with Gasteiger partial charge in [0.25, 0.3) is 5.56 Å². The fraction of sp³-hybridized carbons (Fsp3) is 0.261. The van der Waals surface area contributed by atoms with Gasteiger partial charge in [0.2, 0.25) is 0 Å². The number of hydrogen-bond donors (Lipinski definition) is 0. The first kappa shape index (κ1) is 21.2. The van der Waals surface area contributed by atoms with Gasteiger partial charge in [-0.05, 0) is 61.3 Å². The lowest BCUT2D eigenvalue weighted by atomic mass is 10.1. The number of rotatable bonds is 7. The molecule has 5 rings (SSSR count). The summed E-state index contributed by atoms with van der Waals surface area (Å²) in [5.41, 5.74) is 3.54. The van der Waals surface area contributed by atoms with Crippen LogP contribution in [0.1, 0.15) is 24.2 Å². The molecule has 1 unspecified atom stereocenters. The second kappa shape index (κ2) is 8.72. The third-order valence-electron chi connectivity index (χ3n) is 5.46. The zero-order valence-electron chi connectivity index (χ0n) is 18.4. The highest BCUT2D eigenvalue weighted by molar-refractivity contribution is 7.08. The van der Waals surface area contributed by atoms with Crippen LogP contribution in [0.4, 0.5) is 0 Å². The molecule has 0 aliphatic heterocycles. The molecule has 0 bridgehead atoms. The average molecular weight is 463 g/mol. The highest BCUT2D eigenvalue weighted by Gasteiger charge is 2.18. The zero-order valence-corrected chi connectivity index (χ0v) is 19.2. The Hall–Kier alpha value is -3.63. The maximum absolute atomic E-state index is 13.3. The molecule has 0 radical (unpaired) electrons. The van der Waals surface area contributed by atoms with Crippen LogP contribution in [0.15, 0.2) is 53.6 Å². The number of hydrogen-bond acceptors (Lipinski definition) is 8. The molecule has 168 valence electrons. The van der Waals surface area contributed by atoms with Crippen LogP contribution >= 0.6 is 11.5 Å². The highest BCUT2D eigenvalue weighted by Crippen LogP contribution is 2.26. The minimum Gasteiger partial charge on any atom is -0.490 e. The SMILES string of the molecule is COCCOc1cnc2ccc(C(C)n3nnc4ccn(-c5cc(C)ns5)c(=O)c43)cc2c1. The number of benzene rings is 1. The van der Waals surface area contributed by atoms with E-state index in [9.17, 15) is 4.79 Å². The zero-order chi connectivity index (χ0) is 22.9. The summed E-state index contributed by atoms with van der Waals surface area (Å²) < 4.78 is 18.3. The molecule has 5 aromatic rings. The maximum atomic E-state index is 13.3. The minimum absolute atomic E-state index is 0.177. The van der Waals surface area contributed by atoms with Crippen LogP contribution in [-0.2, 0) is 4.74 Å². The highest BCUT2D eigenvalue weighted by atomic mass is 32.1. The van der Waals surface area contributed by atoms with Crippen molar-refractivity contribution in [2.24, 2.45) is 0 Å². The first-order chi connectivity index (χ1) is 16.0. The molecular weight excluding hydrogens is 440 g/mol. The molecule has 33 heavy (non-hydrogen) atoms. The summed E-state index contributed by atoms with van der Waals surface area (Å²) in [6.07, 6.45) is 3.42. The van der Waals surface area contributed by atoms with Gasteiger partial charge >= 0.3 is 0 Å². The molecule has 4 aromatic heterocycles. The normalized spacial score (nSPS) is 12.5. The molecule has 0 amide bonds. The first-order valence-corrected chi connectivity index (χ1v) is 11.2. The third-order valence-corrected chi connectivity index (χ3v) is 6.34. The Labute approximate surface area is 193 Å². The Morgan fingerprint density at radius 3 is 2.79 bits per heavy atom. The van der Waals surface area contributed by atoms with E-state index in [2.05, 4.69) is 19.7 Å². The largest absolute Gasteiger partial charge is 0.490 e. The summed E-state index contributed by atoms with van der Waals surface area (Å²) in [5, 5.41) is 10.2. The maximum Gasteiger partial charge on any atom is 0.283 e. The standard InChI is InChI=1S/C23H22N6O3S/c1-14-10-21(33-26-14)28-7-6-20-22(23(28)30)29(27-25-20)15(2)16-4-5-19-17(11-16)12-18(13-24-19)32-9-8-31-3/h4-7,10-13,15H,8-9H2,1-3H3. The van der Waals surface area contributed by atoms with Crippen molar-refractivity contribution < 1.29 is 9.47 Å². The number of pyridine rings is 2. The Morgan fingerprint density at radius 1 is 1.12 bits per heavy atom. The molecule has 0 fully saturated rings. The molecule has 0 aliphatic carbocycles. The van der Waals surface area contributed by atoms with Crippen LogP contribution < -0.4 is 10.3 Å². The monoisotopic (exact) mass is 462 g/mol. The number of ether oxygens (including phenoxy) is 2. The summed E-state index contributed by atoms with van der Waals surface area (Å²) in [6, 6.07) is 11.4. The van der Waals surface area contributed by atoms with E-state index in [1.807, 2.05) is 44.2 Å². The Bertz CT molecular complexity index is 1510. The van der Waals surface area contributed by atoms with Crippen molar-refractivity contribution in [3.8, 4) is 10.8 Å². The van der Waals surface area contributed by atoms with Crippen LogP contribution in [0.25, 0.3) is 26.9 Å². The number of aryl methyl sites for hydroxylation is 1. The third kappa shape index (κ3) is 3.98. The van der Waals surface area contributed by atoms with Crippen molar-refractivity contribution in [1.82, 2.24) is 28.9 Å². The van der Waals surface area contributed by atoms with E-state index in [1.165, 1.54) is 11.5 Å². The summed E-state index contributed by atoms with van der Waals surface area (Å²) in [7, 11) is 1.64. The smallest absolute Gasteiger partial charge is 0.283 e. The number of methoxy groups -OCH3 is 1. The summed E-state index contributed by atoms with van der Waals surface area (Å²) in [6.45, 7) is 4.86.